The van der Waals surface area contributed by atoms with Crippen molar-refractivity contribution in [3.05, 3.63) is 49.7 Å². The summed E-state index contributed by atoms with van der Waals surface area (Å²) in [7, 11) is 8.66. The maximum atomic E-state index is 12.2. The summed E-state index contributed by atoms with van der Waals surface area (Å²) in [5, 5.41) is 0. The minimum Gasteiger partial charge on any atom is -0.411 e. The molecule has 3 heterocycles. The highest BCUT2D eigenvalue weighted by molar-refractivity contribution is 9.10. The van der Waals surface area contributed by atoms with Gasteiger partial charge in [0, 0.05) is 36.4 Å². The van der Waals surface area contributed by atoms with Crippen LogP contribution in [0.1, 0.15) is 27.7 Å². The summed E-state index contributed by atoms with van der Waals surface area (Å²) >= 11 is 3.28. The van der Waals surface area contributed by atoms with E-state index >= 15 is 0 Å². The van der Waals surface area contributed by atoms with Crippen LogP contribution in [0.4, 0.5) is 11.4 Å². The molecule has 0 N–H and O–H groups in total. The zero-order valence-corrected chi connectivity index (χ0v) is 23.4. The quantitative estimate of drug-likeness (QED) is 0.354. The summed E-state index contributed by atoms with van der Waals surface area (Å²) < 4.78 is 15.7. The molecule has 3 rings (SSSR count). The summed E-state index contributed by atoms with van der Waals surface area (Å²) in [6.45, 7) is 7.90. The summed E-state index contributed by atoms with van der Waals surface area (Å²) in [6.07, 6.45) is 4.64. The smallest absolute Gasteiger partial charge is 0.411 e. The molecule has 0 bridgehead atoms. The standard InChI is InChI=1S/C14H21B2N2O4.C8H9BBrN2O2/c1-13(2)14(3,4)22-16(21-13)10-7-11(18(6)15-9-19)12(20)17(5)8-10;1-11-4-6(10)3-7(8(11)14)12(2)9-5-13/h7-9H,1-6H3;3-5H,1-2H3. The highest BCUT2D eigenvalue weighted by Crippen LogP contribution is 2.36. The fourth-order valence-electron chi connectivity index (χ4n) is 3.33. The van der Waals surface area contributed by atoms with Crippen molar-refractivity contribution >= 4 is 67.1 Å². The number of anilines is 2. The average molecular weight is 559 g/mol. The molecule has 0 spiro atoms. The first kappa shape index (κ1) is 29.7. The van der Waals surface area contributed by atoms with Crippen LogP contribution in [-0.2, 0) is 33.0 Å². The lowest BCUT2D eigenvalue weighted by Crippen LogP contribution is -2.41. The van der Waals surface area contributed by atoms with Crippen LogP contribution in [0.5, 0.6) is 0 Å². The van der Waals surface area contributed by atoms with Crippen LogP contribution >= 0.6 is 15.9 Å². The Hall–Kier alpha value is -2.57. The molecule has 0 unspecified atom stereocenters. The number of carbonyl (C=O) groups excluding carboxylic acids is 2. The average Bonchev–Trinajstić information content (AvgIpc) is 3.00. The lowest BCUT2D eigenvalue weighted by atomic mass is 9.79. The first-order valence-electron chi connectivity index (χ1n) is 11.1. The third-order valence-corrected chi connectivity index (χ3v) is 6.60. The lowest BCUT2D eigenvalue weighted by Gasteiger charge is -2.32. The fourth-order valence-corrected chi connectivity index (χ4v) is 3.85. The molecule has 2 aromatic rings. The van der Waals surface area contributed by atoms with E-state index in [0.717, 1.165) is 9.94 Å². The van der Waals surface area contributed by atoms with Crippen LogP contribution in [0, 0.1) is 0 Å². The van der Waals surface area contributed by atoms with Gasteiger partial charge in [-0.25, -0.2) is 0 Å². The number of hydrogen-bond donors (Lipinski definition) is 0. The van der Waals surface area contributed by atoms with E-state index in [1.54, 1.807) is 52.7 Å². The molecule has 36 heavy (non-hydrogen) atoms. The molecular formula is C22H30B3BrN4O6. The van der Waals surface area contributed by atoms with Gasteiger partial charge in [0.25, 0.3) is 11.1 Å². The zero-order chi connectivity index (χ0) is 27.4. The molecule has 1 aliphatic heterocycles. The summed E-state index contributed by atoms with van der Waals surface area (Å²) in [4.78, 5) is 47.7. The molecule has 2 aromatic heterocycles. The van der Waals surface area contributed by atoms with Gasteiger partial charge >= 0.3 is 21.9 Å². The van der Waals surface area contributed by atoms with Gasteiger partial charge in [0.1, 0.15) is 12.4 Å². The number of halogens is 1. The van der Waals surface area contributed by atoms with Crippen LogP contribution in [0.15, 0.2) is 38.6 Å². The van der Waals surface area contributed by atoms with E-state index in [1.165, 1.54) is 33.6 Å². The number of nitrogens with zero attached hydrogens (tertiary/aromatic N) is 4. The molecule has 0 aliphatic carbocycles. The topological polar surface area (TPSA) is 103 Å². The Bertz CT molecular complexity index is 1220. The molecular weight excluding hydrogens is 529 g/mol. The van der Waals surface area contributed by atoms with Crippen LogP contribution < -0.4 is 26.2 Å². The van der Waals surface area contributed by atoms with Gasteiger partial charge in [-0.05, 0) is 69.9 Å². The molecule has 0 saturated carbocycles. The first-order valence-corrected chi connectivity index (χ1v) is 11.9. The second kappa shape index (κ2) is 11.7. The number of pyridine rings is 2. The molecule has 1 fully saturated rings. The van der Waals surface area contributed by atoms with Gasteiger partial charge in [-0.15, -0.1) is 0 Å². The number of carbonyl (C=O) groups is 2. The van der Waals surface area contributed by atoms with Crippen molar-refractivity contribution in [3.63, 3.8) is 0 Å². The highest BCUT2D eigenvalue weighted by atomic mass is 79.9. The minimum atomic E-state index is -0.555. The van der Waals surface area contributed by atoms with Crippen LogP contribution in [-0.4, -0.2) is 68.7 Å². The van der Waals surface area contributed by atoms with Gasteiger partial charge in [-0.3, -0.25) is 9.59 Å². The van der Waals surface area contributed by atoms with Gasteiger partial charge in [0.2, 0.25) is 0 Å². The second-order valence-electron chi connectivity index (χ2n) is 9.41. The molecule has 2 radical (unpaired) electrons. The zero-order valence-electron chi connectivity index (χ0n) is 21.8. The first-order chi connectivity index (χ1) is 16.6. The third kappa shape index (κ3) is 6.60. The predicted octanol–water partition coefficient (Wildman–Crippen LogP) is 0.324. The molecule has 190 valence electrons. The van der Waals surface area contributed by atoms with Crippen LogP contribution in [0.2, 0.25) is 0 Å². The van der Waals surface area contributed by atoms with Crippen molar-refractivity contribution in [2.75, 3.05) is 23.7 Å². The highest BCUT2D eigenvalue weighted by Gasteiger charge is 2.52. The van der Waals surface area contributed by atoms with Gasteiger partial charge in [0.05, 0.1) is 22.6 Å². The van der Waals surface area contributed by atoms with E-state index in [2.05, 4.69) is 15.9 Å². The van der Waals surface area contributed by atoms with E-state index < -0.39 is 18.3 Å². The van der Waals surface area contributed by atoms with Crippen molar-refractivity contribution < 1.29 is 18.9 Å². The van der Waals surface area contributed by atoms with Crippen LogP contribution in [0.25, 0.3) is 0 Å². The van der Waals surface area contributed by atoms with E-state index in [1.807, 2.05) is 27.7 Å². The maximum Gasteiger partial charge on any atom is 0.496 e. The van der Waals surface area contributed by atoms with E-state index in [-0.39, 0.29) is 11.1 Å². The van der Waals surface area contributed by atoms with Gasteiger partial charge in [-0.2, -0.15) is 0 Å². The molecule has 0 amide bonds. The van der Waals surface area contributed by atoms with Gasteiger partial charge < -0.3 is 37.7 Å². The SMILES string of the molecule is CN([B]C=O)c1cc(B2OC(C)(C)C(C)(C)O2)cn(C)c1=O.CN([B]C=O)c1cc(Br)cn(C)c1=O. The fraction of sp³-hybridized carbons (Fsp3) is 0.455. The Morgan fingerprint density at radius 3 is 1.72 bits per heavy atom. The van der Waals surface area contributed by atoms with Crippen molar-refractivity contribution in [3.8, 4) is 0 Å². The number of hydrogen-bond acceptors (Lipinski definition) is 8. The predicted molar refractivity (Wildman–Crippen MR) is 149 cm³/mol. The van der Waals surface area contributed by atoms with Crippen molar-refractivity contribution in [1.82, 2.24) is 9.13 Å². The van der Waals surface area contributed by atoms with Crippen molar-refractivity contribution in [2.24, 2.45) is 14.1 Å². The Balaban J connectivity index is 0.000000281. The van der Waals surface area contributed by atoms with E-state index in [4.69, 9.17) is 9.31 Å². The largest absolute Gasteiger partial charge is 0.496 e. The molecule has 0 atom stereocenters. The lowest BCUT2D eigenvalue weighted by molar-refractivity contribution is 0.00578. The Kier molecular flexibility index (Phi) is 9.61. The normalized spacial score (nSPS) is 15.4. The Labute approximate surface area is 221 Å². The number of aryl methyl sites for hydroxylation is 2. The summed E-state index contributed by atoms with van der Waals surface area (Å²) in [6, 6.07) is 3.37. The number of aromatic nitrogens is 2. The van der Waals surface area contributed by atoms with Crippen molar-refractivity contribution in [1.29, 1.82) is 0 Å². The second-order valence-corrected chi connectivity index (χ2v) is 10.3. The Morgan fingerprint density at radius 2 is 1.28 bits per heavy atom. The van der Waals surface area contributed by atoms with Crippen LogP contribution in [0.3, 0.4) is 0 Å². The van der Waals surface area contributed by atoms with Gasteiger partial charge in [-0.1, -0.05) is 0 Å². The summed E-state index contributed by atoms with van der Waals surface area (Å²) in [5.41, 5.74) is 0.341. The molecule has 1 aliphatic rings. The molecule has 0 aromatic carbocycles. The monoisotopic (exact) mass is 558 g/mol. The molecule has 14 heteroatoms. The minimum absolute atomic E-state index is 0.145. The van der Waals surface area contributed by atoms with E-state index in [9.17, 15) is 19.2 Å². The molecule has 10 nitrogen and oxygen atoms in total. The van der Waals surface area contributed by atoms with E-state index in [0.29, 0.717) is 23.7 Å². The third-order valence-electron chi connectivity index (χ3n) is 6.17. The Morgan fingerprint density at radius 1 is 0.861 bits per heavy atom. The summed E-state index contributed by atoms with van der Waals surface area (Å²) in [5.74, 6) is 0. The van der Waals surface area contributed by atoms with Crippen molar-refractivity contribution in [2.45, 2.75) is 38.9 Å². The number of rotatable bonds is 7. The maximum absolute atomic E-state index is 12.2. The molecule has 1 saturated heterocycles. The van der Waals surface area contributed by atoms with Gasteiger partial charge in [0.15, 0.2) is 0 Å².